The fraction of sp³-hybridized carbons (Fsp3) is 0. The molecule has 0 N–H and O–H groups in total. The molecule has 0 saturated heterocycles. The van der Waals surface area contributed by atoms with Crippen molar-refractivity contribution in [1.29, 1.82) is 0 Å². The lowest BCUT2D eigenvalue weighted by Gasteiger charge is -1.95. The molecule has 0 radical (unpaired) electrons. The van der Waals surface area contributed by atoms with Crippen LogP contribution in [0.5, 0.6) is 0 Å². The van der Waals surface area contributed by atoms with E-state index in [4.69, 9.17) is 4.42 Å². The molecule has 0 atom stereocenters. The molecule has 0 fully saturated rings. The van der Waals surface area contributed by atoms with Crippen LogP contribution in [0.1, 0.15) is 0 Å². The summed E-state index contributed by atoms with van der Waals surface area (Å²) >= 11 is 1.19. The Balaban J connectivity index is 2.09. The Bertz CT molecular complexity index is 916. The number of rotatable bonds is 1. The number of hydrogen-bond acceptors (Lipinski definition) is 4. The lowest BCUT2D eigenvalue weighted by atomic mass is 10.3. The van der Waals surface area contributed by atoms with E-state index >= 15 is 0 Å². The molecule has 0 saturated carbocycles. The van der Waals surface area contributed by atoms with Crippen molar-refractivity contribution in [2.24, 2.45) is 0 Å². The molecule has 0 amide bonds. The second kappa shape index (κ2) is 3.80. The SMILES string of the molecule is O=c1sc2ccccc2n1-c1nc2ccccc2o1. The molecule has 0 bridgehead atoms. The molecule has 2 aromatic heterocycles. The molecule has 0 aliphatic heterocycles. The van der Waals surface area contributed by atoms with Crippen molar-refractivity contribution in [2.75, 3.05) is 0 Å². The van der Waals surface area contributed by atoms with E-state index in [2.05, 4.69) is 4.98 Å². The van der Waals surface area contributed by atoms with Gasteiger partial charge in [0.05, 0.1) is 10.2 Å². The van der Waals surface area contributed by atoms with Gasteiger partial charge in [-0.25, -0.2) is 4.57 Å². The lowest BCUT2D eigenvalue weighted by Crippen LogP contribution is -2.10. The first-order valence-corrected chi connectivity index (χ1v) is 6.61. The van der Waals surface area contributed by atoms with Gasteiger partial charge in [-0.3, -0.25) is 4.79 Å². The van der Waals surface area contributed by atoms with E-state index in [1.165, 1.54) is 15.9 Å². The fourth-order valence-electron chi connectivity index (χ4n) is 2.10. The van der Waals surface area contributed by atoms with E-state index < -0.39 is 0 Å². The Morgan fingerprint density at radius 3 is 2.74 bits per heavy atom. The molecule has 0 aliphatic carbocycles. The first-order valence-electron chi connectivity index (χ1n) is 5.79. The summed E-state index contributed by atoms with van der Waals surface area (Å²) in [4.78, 5) is 16.4. The van der Waals surface area contributed by atoms with Crippen molar-refractivity contribution in [2.45, 2.75) is 0 Å². The third-order valence-corrected chi connectivity index (χ3v) is 3.88. The third kappa shape index (κ3) is 1.52. The highest BCUT2D eigenvalue weighted by molar-refractivity contribution is 7.16. The molecule has 4 rings (SSSR count). The number of para-hydroxylation sites is 3. The van der Waals surface area contributed by atoms with Crippen LogP contribution in [0.15, 0.2) is 57.7 Å². The summed E-state index contributed by atoms with van der Waals surface area (Å²) in [6.07, 6.45) is 0. The second-order valence-corrected chi connectivity index (χ2v) is 5.13. The van der Waals surface area contributed by atoms with E-state index in [-0.39, 0.29) is 4.87 Å². The van der Waals surface area contributed by atoms with Gasteiger partial charge in [0, 0.05) is 0 Å². The van der Waals surface area contributed by atoms with Crippen molar-refractivity contribution < 1.29 is 4.42 Å². The van der Waals surface area contributed by atoms with E-state index in [1.807, 2.05) is 48.5 Å². The van der Waals surface area contributed by atoms with Crippen LogP contribution in [0.4, 0.5) is 0 Å². The van der Waals surface area contributed by atoms with Gasteiger partial charge in [-0.15, -0.1) is 0 Å². The number of fused-ring (bicyclic) bond motifs is 2. The molecule has 2 aromatic carbocycles. The summed E-state index contributed by atoms with van der Waals surface area (Å²) in [5.41, 5.74) is 2.25. The zero-order valence-electron chi connectivity index (χ0n) is 9.74. The average molecular weight is 268 g/mol. The molecule has 5 heteroatoms. The summed E-state index contributed by atoms with van der Waals surface area (Å²) in [6, 6.07) is 15.4. The van der Waals surface area contributed by atoms with Crippen LogP contribution in [0.2, 0.25) is 0 Å². The third-order valence-electron chi connectivity index (χ3n) is 2.96. The maximum absolute atomic E-state index is 12.1. The molecule has 0 spiro atoms. The quantitative estimate of drug-likeness (QED) is 0.532. The first-order chi connectivity index (χ1) is 9.33. The van der Waals surface area contributed by atoms with Crippen LogP contribution >= 0.6 is 11.3 Å². The van der Waals surface area contributed by atoms with E-state index in [0.29, 0.717) is 11.6 Å². The van der Waals surface area contributed by atoms with Crippen LogP contribution in [0.3, 0.4) is 0 Å². The minimum absolute atomic E-state index is 0.0900. The molecule has 19 heavy (non-hydrogen) atoms. The van der Waals surface area contributed by atoms with Crippen LogP contribution in [0.25, 0.3) is 27.3 Å². The van der Waals surface area contributed by atoms with Gasteiger partial charge in [0.2, 0.25) is 0 Å². The van der Waals surface area contributed by atoms with Gasteiger partial charge in [-0.05, 0) is 24.3 Å². The van der Waals surface area contributed by atoms with E-state index in [9.17, 15) is 4.79 Å². The highest BCUT2D eigenvalue weighted by Gasteiger charge is 2.14. The lowest BCUT2D eigenvalue weighted by molar-refractivity contribution is 0.567. The Morgan fingerprint density at radius 2 is 1.84 bits per heavy atom. The minimum Gasteiger partial charge on any atom is -0.423 e. The van der Waals surface area contributed by atoms with Gasteiger partial charge in [-0.1, -0.05) is 35.6 Å². The molecule has 0 aliphatic rings. The molecule has 0 unspecified atom stereocenters. The summed E-state index contributed by atoms with van der Waals surface area (Å²) in [5.74, 6) is 0. The highest BCUT2D eigenvalue weighted by atomic mass is 32.1. The van der Waals surface area contributed by atoms with Crippen LogP contribution in [-0.2, 0) is 0 Å². The van der Waals surface area contributed by atoms with Crippen molar-refractivity contribution in [1.82, 2.24) is 9.55 Å². The van der Waals surface area contributed by atoms with Gasteiger partial charge in [-0.2, -0.15) is 4.98 Å². The summed E-state index contributed by atoms with van der Waals surface area (Å²) in [6.45, 7) is 0. The topological polar surface area (TPSA) is 48.0 Å². The van der Waals surface area contributed by atoms with Crippen LogP contribution < -0.4 is 4.87 Å². The minimum atomic E-state index is -0.0900. The highest BCUT2D eigenvalue weighted by Crippen LogP contribution is 2.22. The number of nitrogens with zero attached hydrogens (tertiary/aromatic N) is 2. The molecule has 4 aromatic rings. The van der Waals surface area contributed by atoms with Crippen LogP contribution in [-0.4, -0.2) is 9.55 Å². The number of thiazole rings is 1. The summed E-state index contributed by atoms with van der Waals surface area (Å²) in [7, 11) is 0. The zero-order valence-corrected chi connectivity index (χ0v) is 10.6. The zero-order chi connectivity index (χ0) is 12.8. The smallest absolute Gasteiger partial charge is 0.316 e. The van der Waals surface area contributed by atoms with E-state index in [0.717, 1.165) is 15.7 Å². The average Bonchev–Trinajstić information content (AvgIpc) is 2.97. The Morgan fingerprint density at radius 1 is 1.05 bits per heavy atom. The monoisotopic (exact) mass is 268 g/mol. The van der Waals surface area contributed by atoms with E-state index in [1.54, 1.807) is 0 Å². The van der Waals surface area contributed by atoms with Crippen molar-refractivity contribution >= 4 is 32.7 Å². The maximum atomic E-state index is 12.1. The number of hydrogen-bond donors (Lipinski definition) is 0. The summed E-state index contributed by atoms with van der Waals surface area (Å²) < 4.78 is 8.10. The molecular weight excluding hydrogens is 260 g/mol. The van der Waals surface area contributed by atoms with Crippen molar-refractivity contribution in [3.05, 3.63) is 58.2 Å². The normalized spacial score (nSPS) is 11.4. The van der Waals surface area contributed by atoms with Gasteiger partial charge in [0.1, 0.15) is 5.52 Å². The Kier molecular flexibility index (Phi) is 2.10. The number of oxazole rings is 1. The molecule has 4 nitrogen and oxygen atoms in total. The first kappa shape index (κ1) is 10.5. The standard InChI is InChI=1S/C14H8N2O2S/c17-14-16(10-6-2-4-8-12(10)19-14)13-15-9-5-1-3-7-11(9)18-13/h1-8H. The fourth-order valence-corrected chi connectivity index (χ4v) is 2.97. The summed E-state index contributed by atoms with van der Waals surface area (Å²) in [5, 5.41) is 0. The van der Waals surface area contributed by atoms with Crippen LogP contribution in [0, 0.1) is 0 Å². The number of aromatic nitrogens is 2. The molecular formula is C14H8N2O2S. The van der Waals surface area contributed by atoms with Gasteiger partial charge >= 0.3 is 10.9 Å². The Labute approximate surface area is 111 Å². The van der Waals surface area contributed by atoms with Crippen molar-refractivity contribution in [3.63, 3.8) is 0 Å². The van der Waals surface area contributed by atoms with Gasteiger partial charge < -0.3 is 4.42 Å². The molecule has 92 valence electrons. The Hall–Kier alpha value is -2.40. The predicted octanol–water partition coefficient (Wildman–Crippen LogP) is 3.19. The largest absolute Gasteiger partial charge is 0.423 e. The number of benzene rings is 2. The van der Waals surface area contributed by atoms with Gasteiger partial charge in [0.15, 0.2) is 5.58 Å². The maximum Gasteiger partial charge on any atom is 0.316 e. The second-order valence-electron chi connectivity index (χ2n) is 4.14. The van der Waals surface area contributed by atoms with Gasteiger partial charge in [0.25, 0.3) is 0 Å². The van der Waals surface area contributed by atoms with Crippen molar-refractivity contribution in [3.8, 4) is 6.01 Å². The molecule has 2 heterocycles. The predicted molar refractivity (Wildman–Crippen MR) is 75.0 cm³/mol.